The van der Waals surface area contributed by atoms with Gasteiger partial charge in [0.25, 0.3) is 0 Å². The molecule has 1 saturated heterocycles. The van der Waals surface area contributed by atoms with Crippen molar-refractivity contribution in [1.82, 2.24) is 4.72 Å². The van der Waals surface area contributed by atoms with Crippen LogP contribution in [0.25, 0.3) is 0 Å². The number of sulfonamides is 1. The standard InChI is InChI=1S/C14H16F3NO4S/c15-14(16,17)23(20,21)18-13(19)6-2-4-1-5(6)10-8-3-7(9(4)10)11-12(8)22-11/h4-12H,1-3H2,(H,18,19). The Morgan fingerprint density at radius 2 is 1.65 bits per heavy atom. The fourth-order valence-electron chi connectivity index (χ4n) is 6.42. The van der Waals surface area contributed by atoms with E-state index in [1.165, 1.54) is 4.72 Å². The van der Waals surface area contributed by atoms with Crippen molar-refractivity contribution in [3.8, 4) is 0 Å². The summed E-state index contributed by atoms with van der Waals surface area (Å²) in [5.41, 5.74) is -5.45. The first-order chi connectivity index (χ1) is 10.7. The molecule has 9 atom stereocenters. The van der Waals surface area contributed by atoms with Gasteiger partial charge in [-0.3, -0.25) is 4.79 Å². The van der Waals surface area contributed by atoms with E-state index in [1.54, 1.807) is 0 Å². The van der Waals surface area contributed by atoms with Gasteiger partial charge in [-0.25, -0.2) is 4.72 Å². The molecule has 128 valence electrons. The molecular formula is C14H16F3NO4S. The van der Waals surface area contributed by atoms with Crippen LogP contribution in [0.3, 0.4) is 0 Å². The van der Waals surface area contributed by atoms with Crippen molar-refractivity contribution in [2.24, 2.45) is 41.4 Å². The first kappa shape index (κ1) is 14.5. The fraction of sp³-hybridized carbons (Fsp3) is 0.929. The Bertz CT molecular complexity index is 693. The SMILES string of the molecule is O=C(NS(=O)(=O)C(F)(F)F)C1CC2CC1C1C3CC(C4OC34)C21. The van der Waals surface area contributed by atoms with Crippen LogP contribution in [-0.4, -0.2) is 32.0 Å². The van der Waals surface area contributed by atoms with E-state index in [9.17, 15) is 26.4 Å². The zero-order valence-corrected chi connectivity index (χ0v) is 12.8. The summed E-state index contributed by atoms with van der Waals surface area (Å²) in [7, 11) is -5.61. The molecule has 1 heterocycles. The molecule has 0 radical (unpaired) electrons. The van der Waals surface area contributed by atoms with Crippen LogP contribution < -0.4 is 4.72 Å². The number of rotatable bonds is 2. The minimum absolute atomic E-state index is 0.00795. The summed E-state index contributed by atoms with van der Waals surface area (Å²) in [5.74, 6) is 0.555. The Morgan fingerprint density at radius 1 is 1.00 bits per heavy atom. The summed E-state index contributed by atoms with van der Waals surface area (Å²) in [6.45, 7) is 0. The molecule has 23 heavy (non-hydrogen) atoms. The van der Waals surface area contributed by atoms with E-state index in [-0.39, 0.29) is 12.0 Å². The van der Waals surface area contributed by atoms with Crippen molar-refractivity contribution < 1.29 is 31.1 Å². The van der Waals surface area contributed by atoms with E-state index in [1.807, 2.05) is 0 Å². The Hall–Kier alpha value is -0.830. The molecule has 9 unspecified atom stereocenters. The van der Waals surface area contributed by atoms with Gasteiger partial charge in [0.2, 0.25) is 5.91 Å². The van der Waals surface area contributed by atoms with E-state index in [0.717, 1.165) is 12.8 Å². The Labute approximate surface area is 131 Å². The third-order valence-electron chi connectivity index (χ3n) is 6.95. The maximum absolute atomic E-state index is 12.4. The van der Waals surface area contributed by atoms with E-state index in [0.29, 0.717) is 42.1 Å². The summed E-state index contributed by atoms with van der Waals surface area (Å²) < 4.78 is 66.6. The summed E-state index contributed by atoms with van der Waals surface area (Å²) in [6, 6.07) is 0. The molecule has 4 bridgehead atoms. The number of hydrogen-bond acceptors (Lipinski definition) is 4. The van der Waals surface area contributed by atoms with Crippen LogP contribution in [-0.2, 0) is 19.6 Å². The molecule has 4 saturated carbocycles. The van der Waals surface area contributed by atoms with E-state index < -0.39 is 27.4 Å². The average Bonchev–Trinajstić information content (AvgIpc) is 2.81. The zero-order chi connectivity index (χ0) is 16.3. The molecule has 5 aliphatic rings. The highest BCUT2D eigenvalue weighted by atomic mass is 32.2. The Kier molecular flexibility index (Phi) is 2.55. The number of amides is 1. The highest BCUT2D eigenvalue weighted by molar-refractivity contribution is 7.90. The third-order valence-corrected chi connectivity index (χ3v) is 8.03. The fourth-order valence-corrected chi connectivity index (χ4v) is 6.95. The van der Waals surface area contributed by atoms with Crippen molar-refractivity contribution in [2.75, 3.05) is 0 Å². The maximum Gasteiger partial charge on any atom is 0.516 e. The first-order valence-corrected chi connectivity index (χ1v) is 9.46. The van der Waals surface area contributed by atoms with Crippen LogP contribution in [0.5, 0.6) is 0 Å². The van der Waals surface area contributed by atoms with Gasteiger partial charge < -0.3 is 4.74 Å². The minimum atomic E-state index is -5.61. The second-order valence-electron chi connectivity index (χ2n) is 7.70. The molecule has 5 fully saturated rings. The quantitative estimate of drug-likeness (QED) is 0.600. The number of ether oxygens (including phenoxy) is 1. The number of nitrogens with one attached hydrogen (secondary N) is 1. The highest BCUT2D eigenvalue weighted by Gasteiger charge is 2.73. The number of carbonyl (C=O) groups is 1. The predicted octanol–water partition coefficient (Wildman–Crippen LogP) is 1.26. The van der Waals surface area contributed by atoms with Crippen molar-refractivity contribution >= 4 is 15.9 Å². The molecule has 0 spiro atoms. The lowest BCUT2D eigenvalue weighted by atomic mass is 9.67. The van der Waals surface area contributed by atoms with Crippen molar-refractivity contribution in [1.29, 1.82) is 0 Å². The highest BCUT2D eigenvalue weighted by Crippen LogP contribution is 2.72. The molecule has 5 rings (SSSR count). The van der Waals surface area contributed by atoms with Crippen LogP contribution >= 0.6 is 0 Å². The number of carbonyl (C=O) groups excluding carboxylic acids is 1. The molecule has 1 N–H and O–H groups in total. The topological polar surface area (TPSA) is 75.8 Å². The number of epoxide rings is 1. The van der Waals surface area contributed by atoms with Crippen LogP contribution in [0.4, 0.5) is 13.2 Å². The van der Waals surface area contributed by atoms with Gasteiger partial charge in [0.15, 0.2) is 0 Å². The summed E-state index contributed by atoms with van der Waals surface area (Å²) in [4.78, 5) is 12.2. The van der Waals surface area contributed by atoms with Gasteiger partial charge in [-0.1, -0.05) is 0 Å². The zero-order valence-electron chi connectivity index (χ0n) is 12.0. The molecular weight excluding hydrogens is 335 g/mol. The number of hydrogen-bond donors (Lipinski definition) is 1. The number of alkyl halides is 3. The van der Waals surface area contributed by atoms with Crippen LogP contribution in [0.2, 0.25) is 0 Å². The number of halogens is 3. The molecule has 9 heteroatoms. The lowest BCUT2D eigenvalue weighted by molar-refractivity contribution is -0.126. The summed E-state index contributed by atoms with van der Waals surface area (Å²) in [6.07, 6.45) is 3.10. The minimum Gasteiger partial charge on any atom is -0.369 e. The molecule has 0 aromatic rings. The molecule has 4 aliphatic carbocycles. The second kappa shape index (κ2) is 4.04. The number of fused-ring (bicyclic) bond motifs is 12. The summed E-state index contributed by atoms with van der Waals surface area (Å²) >= 11 is 0. The average molecular weight is 351 g/mol. The van der Waals surface area contributed by atoms with Gasteiger partial charge in [0, 0.05) is 5.92 Å². The van der Waals surface area contributed by atoms with Gasteiger partial charge in [0.1, 0.15) is 0 Å². The third kappa shape index (κ3) is 1.72. The molecule has 1 aliphatic heterocycles. The van der Waals surface area contributed by atoms with E-state index in [4.69, 9.17) is 4.74 Å². The van der Waals surface area contributed by atoms with Crippen molar-refractivity contribution in [3.63, 3.8) is 0 Å². The predicted molar refractivity (Wildman–Crippen MR) is 70.1 cm³/mol. The smallest absolute Gasteiger partial charge is 0.369 e. The second-order valence-corrected chi connectivity index (χ2v) is 9.37. The lowest BCUT2D eigenvalue weighted by Gasteiger charge is -2.36. The molecule has 1 amide bonds. The lowest BCUT2D eigenvalue weighted by Crippen LogP contribution is -2.46. The Morgan fingerprint density at radius 3 is 2.30 bits per heavy atom. The largest absolute Gasteiger partial charge is 0.516 e. The maximum atomic E-state index is 12.4. The molecule has 0 aromatic heterocycles. The first-order valence-electron chi connectivity index (χ1n) is 7.97. The summed E-state index contributed by atoms with van der Waals surface area (Å²) in [5, 5.41) is 0. The van der Waals surface area contributed by atoms with Gasteiger partial charge in [-0.2, -0.15) is 21.6 Å². The molecule has 5 nitrogen and oxygen atoms in total. The van der Waals surface area contributed by atoms with Crippen LogP contribution in [0.15, 0.2) is 0 Å². The van der Waals surface area contributed by atoms with Crippen LogP contribution in [0.1, 0.15) is 19.3 Å². The van der Waals surface area contributed by atoms with Crippen molar-refractivity contribution in [2.45, 2.75) is 37.0 Å². The monoisotopic (exact) mass is 351 g/mol. The van der Waals surface area contributed by atoms with E-state index in [2.05, 4.69) is 0 Å². The Balaban J connectivity index is 1.36. The molecule has 0 aromatic carbocycles. The van der Waals surface area contributed by atoms with Gasteiger partial charge in [-0.15, -0.1) is 0 Å². The van der Waals surface area contributed by atoms with Crippen LogP contribution in [0, 0.1) is 41.4 Å². The normalized spacial score (nSPS) is 52.4. The van der Waals surface area contributed by atoms with Gasteiger partial charge >= 0.3 is 15.5 Å². The van der Waals surface area contributed by atoms with Crippen molar-refractivity contribution in [3.05, 3.63) is 0 Å². The van der Waals surface area contributed by atoms with Gasteiger partial charge in [0.05, 0.1) is 12.2 Å². The van der Waals surface area contributed by atoms with Gasteiger partial charge in [-0.05, 0) is 54.8 Å². The van der Waals surface area contributed by atoms with E-state index >= 15 is 0 Å².